The number of nitrogens with zero attached hydrogens (tertiary/aromatic N) is 1. The Bertz CT molecular complexity index is 291. The smallest absolute Gasteiger partial charge is 0.409 e. The van der Waals surface area contributed by atoms with Crippen LogP contribution >= 0.6 is 0 Å². The second-order valence-corrected chi connectivity index (χ2v) is 5.01. The Labute approximate surface area is 108 Å². The third-order valence-electron chi connectivity index (χ3n) is 2.84. The van der Waals surface area contributed by atoms with Gasteiger partial charge in [0.2, 0.25) is 0 Å². The summed E-state index contributed by atoms with van der Waals surface area (Å²) in [5, 5.41) is 0. The van der Waals surface area contributed by atoms with Gasteiger partial charge in [0.15, 0.2) is 0 Å². The topological polar surface area (TPSA) is 55.8 Å². The Morgan fingerprint density at radius 1 is 1.33 bits per heavy atom. The van der Waals surface area contributed by atoms with Crippen LogP contribution in [0, 0.1) is 11.8 Å². The number of rotatable bonds is 4. The molecule has 1 aliphatic heterocycles. The van der Waals surface area contributed by atoms with Gasteiger partial charge in [0, 0.05) is 13.1 Å². The first kappa shape index (κ1) is 14.8. The fraction of sp³-hybridized carbons (Fsp3) is 0.846. The zero-order chi connectivity index (χ0) is 13.5. The summed E-state index contributed by atoms with van der Waals surface area (Å²) >= 11 is 0. The number of carbonyl (C=O) groups is 2. The van der Waals surface area contributed by atoms with Crippen molar-refractivity contribution in [2.75, 3.05) is 26.3 Å². The summed E-state index contributed by atoms with van der Waals surface area (Å²) in [4.78, 5) is 25.0. The Hall–Kier alpha value is -1.26. The van der Waals surface area contributed by atoms with Gasteiger partial charge in [0.25, 0.3) is 0 Å². The van der Waals surface area contributed by atoms with Gasteiger partial charge < -0.3 is 14.4 Å². The van der Waals surface area contributed by atoms with Gasteiger partial charge >= 0.3 is 12.1 Å². The number of amides is 1. The molecule has 0 aromatic heterocycles. The summed E-state index contributed by atoms with van der Waals surface area (Å²) in [6.07, 6.45) is 1.28. The Kier molecular flexibility index (Phi) is 5.95. The van der Waals surface area contributed by atoms with Crippen molar-refractivity contribution in [2.24, 2.45) is 11.8 Å². The lowest BCUT2D eigenvalue weighted by molar-refractivity contribution is -0.149. The standard InChI is InChI=1S/C13H23NO4/c1-4-17-12(15)11-6-5-7-14(8-11)13(16)18-9-10(2)3/h10-11H,4-9H2,1-3H3. The minimum absolute atomic E-state index is 0.203. The summed E-state index contributed by atoms with van der Waals surface area (Å²) in [7, 11) is 0. The van der Waals surface area contributed by atoms with Crippen molar-refractivity contribution in [3.8, 4) is 0 Å². The van der Waals surface area contributed by atoms with E-state index in [1.54, 1.807) is 11.8 Å². The second-order valence-electron chi connectivity index (χ2n) is 5.01. The predicted octanol–water partition coefficient (Wildman–Crippen LogP) is 2.05. The molecule has 0 aromatic carbocycles. The van der Waals surface area contributed by atoms with Gasteiger partial charge in [-0.15, -0.1) is 0 Å². The normalized spacial score (nSPS) is 19.8. The van der Waals surface area contributed by atoms with Crippen LogP contribution in [0.3, 0.4) is 0 Å². The van der Waals surface area contributed by atoms with E-state index in [4.69, 9.17) is 9.47 Å². The van der Waals surface area contributed by atoms with Crippen molar-refractivity contribution in [1.82, 2.24) is 4.90 Å². The van der Waals surface area contributed by atoms with Crippen molar-refractivity contribution in [3.63, 3.8) is 0 Å². The zero-order valence-corrected chi connectivity index (χ0v) is 11.5. The number of hydrogen-bond donors (Lipinski definition) is 0. The summed E-state index contributed by atoms with van der Waals surface area (Å²) in [6.45, 7) is 7.64. The van der Waals surface area contributed by atoms with Gasteiger partial charge in [0.05, 0.1) is 19.1 Å². The summed E-state index contributed by atoms with van der Waals surface area (Å²) in [6, 6.07) is 0. The highest BCUT2D eigenvalue weighted by atomic mass is 16.6. The molecule has 1 amide bonds. The number of carbonyl (C=O) groups excluding carboxylic acids is 2. The highest BCUT2D eigenvalue weighted by molar-refractivity contribution is 5.74. The molecule has 5 heteroatoms. The Morgan fingerprint density at radius 2 is 2.06 bits per heavy atom. The molecular formula is C13H23NO4. The van der Waals surface area contributed by atoms with E-state index < -0.39 is 0 Å². The summed E-state index contributed by atoms with van der Waals surface area (Å²) in [5.41, 5.74) is 0. The van der Waals surface area contributed by atoms with Gasteiger partial charge in [-0.05, 0) is 25.7 Å². The van der Waals surface area contributed by atoms with E-state index in [2.05, 4.69) is 0 Å². The third kappa shape index (κ3) is 4.55. The van der Waals surface area contributed by atoms with Crippen LogP contribution < -0.4 is 0 Å². The summed E-state index contributed by atoms with van der Waals surface area (Å²) < 4.78 is 10.2. The highest BCUT2D eigenvalue weighted by Crippen LogP contribution is 2.18. The maximum atomic E-state index is 11.8. The van der Waals surface area contributed by atoms with Gasteiger partial charge in [-0.3, -0.25) is 4.79 Å². The molecule has 1 aliphatic rings. The highest BCUT2D eigenvalue weighted by Gasteiger charge is 2.30. The van der Waals surface area contributed by atoms with Crippen LogP contribution in [-0.2, 0) is 14.3 Å². The maximum Gasteiger partial charge on any atom is 0.409 e. The van der Waals surface area contributed by atoms with Crippen LogP contribution in [0.4, 0.5) is 4.79 Å². The lowest BCUT2D eigenvalue weighted by Crippen LogP contribution is -2.43. The number of hydrogen-bond acceptors (Lipinski definition) is 4. The third-order valence-corrected chi connectivity index (χ3v) is 2.84. The van der Waals surface area contributed by atoms with E-state index in [-0.39, 0.29) is 18.0 Å². The van der Waals surface area contributed by atoms with Crippen molar-refractivity contribution < 1.29 is 19.1 Å². The average molecular weight is 257 g/mol. The van der Waals surface area contributed by atoms with Gasteiger partial charge in [-0.1, -0.05) is 13.8 Å². The fourth-order valence-electron chi connectivity index (χ4n) is 1.92. The number of ether oxygens (including phenoxy) is 2. The quantitative estimate of drug-likeness (QED) is 0.723. The average Bonchev–Trinajstić information content (AvgIpc) is 2.36. The first-order valence-electron chi connectivity index (χ1n) is 6.63. The molecule has 0 aromatic rings. The molecule has 0 aliphatic carbocycles. The minimum Gasteiger partial charge on any atom is -0.466 e. The SMILES string of the molecule is CCOC(=O)C1CCCN(C(=O)OCC(C)C)C1. The molecule has 104 valence electrons. The lowest BCUT2D eigenvalue weighted by Gasteiger charge is -2.30. The summed E-state index contributed by atoms with van der Waals surface area (Å²) in [5.74, 6) is -0.0937. The zero-order valence-electron chi connectivity index (χ0n) is 11.5. The van der Waals surface area contributed by atoms with E-state index in [1.165, 1.54) is 0 Å². The molecule has 1 atom stereocenters. The van der Waals surface area contributed by atoms with Crippen molar-refractivity contribution >= 4 is 12.1 Å². The van der Waals surface area contributed by atoms with Crippen molar-refractivity contribution in [2.45, 2.75) is 33.6 Å². The molecule has 1 unspecified atom stereocenters. The number of likely N-dealkylation sites (tertiary alicyclic amines) is 1. The van der Waals surface area contributed by atoms with Gasteiger partial charge in [0.1, 0.15) is 0 Å². The van der Waals surface area contributed by atoms with Crippen LogP contribution in [-0.4, -0.2) is 43.3 Å². The van der Waals surface area contributed by atoms with Gasteiger partial charge in [-0.2, -0.15) is 0 Å². The Balaban J connectivity index is 2.42. The molecule has 5 nitrogen and oxygen atoms in total. The molecule has 0 saturated carbocycles. The van der Waals surface area contributed by atoms with Crippen molar-refractivity contribution in [1.29, 1.82) is 0 Å². The van der Waals surface area contributed by atoms with E-state index in [0.29, 0.717) is 32.2 Å². The molecule has 1 heterocycles. The van der Waals surface area contributed by atoms with Crippen LogP contribution in [0.15, 0.2) is 0 Å². The lowest BCUT2D eigenvalue weighted by atomic mass is 9.99. The van der Waals surface area contributed by atoms with E-state index >= 15 is 0 Å². The second kappa shape index (κ2) is 7.24. The van der Waals surface area contributed by atoms with Crippen LogP contribution in [0.5, 0.6) is 0 Å². The van der Waals surface area contributed by atoms with Crippen LogP contribution in [0.25, 0.3) is 0 Å². The predicted molar refractivity (Wildman–Crippen MR) is 67.1 cm³/mol. The molecule has 1 rings (SSSR count). The largest absolute Gasteiger partial charge is 0.466 e. The first-order valence-corrected chi connectivity index (χ1v) is 6.63. The molecule has 1 fully saturated rings. The minimum atomic E-state index is -0.322. The number of piperidine rings is 1. The molecule has 18 heavy (non-hydrogen) atoms. The van der Waals surface area contributed by atoms with Gasteiger partial charge in [-0.25, -0.2) is 4.79 Å². The van der Waals surface area contributed by atoms with Crippen molar-refractivity contribution in [3.05, 3.63) is 0 Å². The molecule has 0 spiro atoms. The first-order chi connectivity index (χ1) is 8.54. The van der Waals surface area contributed by atoms with E-state index in [1.807, 2.05) is 13.8 Å². The van der Waals surface area contributed by atoms with E-state index in [9.17, 15) is 9.59 Å². The van der Waals surface area contributed by atoms with E-state index in [0.717, 1.165) is 12.8 Å². The number of esters is 1. The van der Waals surface area contributed by atoms with Crippen LogP contribution in [0.1, 0.15) is 33.6 Å². The molecular weight excluding hydrogens is 234 g/mol. The molecule has 1 saturated heterocycles. The molecule has 0 bridgehead atoms. The Morgan fingerprint density at radius 3 is 2.67 bits per heavy atom. The fourth-order valence-corrected chi connectivity index (χ4v) is 1.92. The molecule has 0 N–H and O–H groups in total. The molecule has 0 radical (unpaired) electrons. The maximum absolute atomic E-state index is 11.8. The van der Waals surface area contributed by atoms with Crippen LogP contribution in [0.2, 0.25) is 0 Å². The monoisotopic (exact) mass is 257 g/mol.